The van der Waals surface area contributed by atoms with Crippen LogP contribution >= 0.6 is 22.7 Å². The molecule has 0 amide bonds. The van der Waals surface area contributed by atoms with E-state index < -0.39 is 47.4 Å². The van der Waals surface area contributed by atoms with Gasteiger partial charge in [0, 0.05) is 82.7 Å². The van der Waals surface area contributed by atoms with Crippen molar-refractivity contribution in [2.45, 2.75) is 126 Å². The molecule has 8 heterocycles. The largest absolute Gasteiger partial charge is 0.542 e. The van der Waals surface area contributed by atoms with Crippen molar-refractivity contribution >= 4 is 68.1 Å². The van der Waals surface area contributed by atoms with Crippen molar-refractivity contribution < 1.29 is 93.9 Å². The number of alkyl halides is 6. The second-order valence-electron chi connectivity index (χ2n) is 24.3. The fourth-order valence-electron chi connectivity index (χ4n) is 14.2. The summed E-state index contributed by atoms with van der Waals surface area (Å²) in [5, 5.41) is 49.7. The lowest BCUT2D eigenvalue weighted by molar-refractivity contribution is -0.946. The third-order valence-electron chi connectivity index (χ3n) is 18.9. The standard InChI is InChI=1S/2C31H38NO4S.2C2HF3O2/c2*33-30(31(34,25-10-2-3-11-25)29-14-6-21-37-29)36-28-22-32(18-15-24(28)16-19-32)17-7-20-35-27-13-5-9-23-8-1-4-12-26(23)27;2*3-2(4,5)1(6)7/h2*1,4-6,8-9,12-14,21,24-25,28,34H,2-3,7,10-11,15-20,22H2;2*(H,6,7)/q2*+1;;/p-2/t2*24?,28-,31+,32?;;/m00../s1. The molecule has 6 aromatic rings. The van der Waals surface area contributed by atoms with E-state index in [1.54, 1.807) is 0 Å². The molecule has 0 unspecified atom stereocenters. The predicted octanol–water partition coefficient (Wildman–Crippen LogP) is 10.4. The van der Waals surface area contributed by atoms with Crippen molar-refractivity contribution in [2.75, 3.05) is 65.6 Å². The maximum absolute atomic E-state index is 13.6. The molecule has 4 aromatic carbocycles. The van der Waals surface area contributed by atoms with Crippen LogP contribution in [-0.4, -0.2) is 133 Å². The molecule has 2 saturated carbocycles. The van der Waals surface area contributed by atoms with Gasteiger partial charge in [0.1, 0.15) is 36.5 Å². The highest BCUT2D eigenvalue weighted by Crippen LogP contribution is 2.47. The number of nitrogens with zero attached hydrogens (tertiary/aromatic N) is 2. The number of esters is 2. The van der Waals surface area contributed by atoms with Crippen LogP contribution in [-0.2, 0) is 39.9 Å². The first-order valence-electron chi connectivity index (χ1n) is 30.5. The minimum absolute atomic E-state index is 0.0471. The van der Waals surface area contributed by atoms with Gasteiger partial charge in [-0.3, -0.25) is 0 Å². The number of carboxylic acids is 2. The number of fused-ring (bicyclic) bond motifs is 8. The van der Waals surface area contributed by atoms with Gasteiger partial charge in [-0.25, -0.2) is 9.59 Å². The van der Waals surface area contributed by atoms with Crippen LogP contribution in [0, 0.1) is 23.7 Å². The van der Waals surface area contributed by atoms with Crippen molar-refractivity contribution in [1.29, 1.82) is 0 Å². The van der Waals surface area contributed by atoms with Gasteiger partial charge in [-0.1, -0.05) is 111 Å². The molecule has 14 rings (SSSR count). The second-order valence-corrected chi connectivity index (χ2v) is 26.2. The smallest absolute Gasteiger partial charge is 0.430 e. The molecule has 4 bridgehead atoms. The molecule has 0 spiro atoms. The maximum atomic E-state index is 13.6. The van der Waals surface area contributed by atoms with Crippen LogP contribution in [0.15, 0.2) is 120 Å². The quantitative estimate of drug-likeness (QED) is 0.0359. The Kier molecular flexibility index (Phi) is 21.5. The Balaban J connectivity index is 0.000000172. The van der Waals surface area contributed by atoms with Crippen molar-refractivity contribution in [2.24, 2.45) is 23.7 Å². The summed E-state index contributed by atoms with van der Waals surface area (Å²) in [5.41, 5.74) is -3.01. The summed E-state index contributed by atoms with van der Waals surface area (Å²) in [6, 6.07) is 36.8. The van der Waals surface area contributed by atoms with Crippen molar-refractivity contribution in [3.8, 4) is 11.5 Å². The van der Waals surface area contributed by atoms with Crippen LogP contribution in [0.25, 0.3) is 21.5 Å². The van der Waals surface area contributed by atoms with E-state index in [9.17, 15) is 46.1 Å². The van der Waals surface area contributed by atoms with Crippen LogP contribution in [0.2, 0.25) is 0 Å². The molecule has 4 atom stereocenters. The molecule has 8 fully saturated rings. The summed E-state index contributed by atoms with van der Waals surface area (Å²) in [6.07, 6.45) is 3.48. The number of rotatable bonds is 18. The monoisotopic (exact) mass is 1270 g/mol. The number of carboxylic acid groups (broad SMARTS) is 2. The average Bonchev–Trinajstić information content (AvgIpc) is 2.29. The number of hydrogen-bond acceptors (Lipinski definition) is 14. The summed E-state index contributed by atoms with van der Waals surface area (Å²) >= 11 is 2.93. The normalized spacial score (nSPS) is 24.7. The van der Waals surface area contributed by atoms with Gasteiger partial charge in [-0.15, -0.1) is 22.7 Å². The SMILES string of the molecule is O=C(O[C@H]1C[N+]2(CCCOc3cccc4ccccc34)CCC1CC2)[C@](O)(c1cccs1)C1CCCC1.O=C(O[C@H]1C[N+]2(CCCOc3cccc4ccccc34)CCC1CC2)[C@](O)(c1cccs1)C1CCCC1.O=C([O-])C(F)(F)F.O=C([O-])C(F)(F)F. The predicted molar refractivity (Wildman–Crippen MR) is 315 cm³/mol. The summed E-state index contributed by atoms with van der Waals surface area (Å²) < 4.78 is 90.0. The Labute approximate surface area is 515 Å². The summed E-state index contributed by atoms with van der Waals surface area (Å²) in [4.78, 5) is 46.3. The molecule has 2 N–H and O–H groups in total. The molecule has 6 aliphatic heterocycles. The molecule has 88 heavy (non-hydrogen) atoms. The number of carbonyl (C=O) groups excluding carboxylic acids is 4. The van der Waals surface area contributed by atoms with E-state index in [0.29, 0.717) is 25.0 Å². The van der Waals surface area contributed by atoms with Crippen LogP contribution in [0.5, 0.6) is 11.5 Å². The number of aliphatic hydroxyl groups is 2. The number of piperidine rings is 6. The molecular formula is C66H76F6N2O12S2. The van der Waals surface area contributed by atoms with E-state index in [-0.39, 0.29) is 24.0 Å². The third kappa shape index (κ3) is 15.6. The number of hydrogen-bond donors (Lipinski definition) is 2. The first-order chi connectivity index (χ1) is 42.0. The zero-order chi connectivity index (χ0) is 62.7. The molecule has 0 radical (unpaired) electrons. The van der Waals surface area contributed by atoms with Crippen molar-refractivity contribution in [1.82, 2.24) is 0 Å². The minimum Gasteiger partial charge on any atom is -0.542 e. The lowest BCUT2D eigenvalue weighted by atomic mass is 9.82. The zero-order valence-electron chi connectivity index (χ0n) is 48.9. The van der Waals surface area contributed by atoms with E-state index in [1.807, 2.05) is 35.0 Å². The molecule has 14 nitrogen and oxygen atoms in total. The fourth-order valence-corrected chi connectivity index (χ4v) is 16.0. The Morgan fingerprint density at radius 3 is 1.16 bits per heavy atom. The highest BCUT2D eigenvalue weighted by atomic mass is 32.1. The van der Waals surface area contributed by atoms with Crippen LogP contribution in [0.4, 0.5) is 26.3 Å². The number of halogens is 6. The molecule has 8 aliphatic rings. The fraction of sp³-hybridized carbons (Fsp3) is 0.515. The Morgan fingerprint density at radius 1 is 0.489 bits per heavy atom. The van der Waals surface area contributed by atoms with E-state index in [0.717, 1.165) is 183 Å². The van der Waals surface area contributed by atoms with Gasteiger partial charge in [0.05, 0.1) is 52.5 Å². The Bertz CT molecular complexity index is 3040. The summed E-state index contributed by atoms with van der Waals surface area (Å²) in [7, 11) is 0. The molecular weight excluding hydrogens is 1190 g/mol. The van der Waals surface area contributed by atoms with Gasteiger partial charge < -0.3 is 57.9 Å². The highest BCUT2D eigenvalue weighted by Gasteiger charge is 2.55. The van der Waals surface area contributed by atoms with Gasteiger partial charge in [0.2, 0.25) is 0 Å². The highest BCUT2D eigenvalue weighted by molar-refractivity contribution is 7.10. The third-order valence-corrected chi connectivity index (χ3v) is 20.9. The van der Waals surface area contributed by atoms with Crippen LogP contribution in [0.1, 0.15) is 99.6 Å². The molecule has 6 saturated heterocycles. The molecule has 476 valence electrons. The minimum atomic E-state index is -5.19. The van der Waals surface area contributed by atoms with Gasteiger partial charge >= 0.3 is 24.3 Å². The molecule has 22 heteroatoms. The average molecular weight is 1270 g/mol. The number of aliphatic carboxylic acids is 2. The van der Waals surface area contributed by atoms with E-state index in [2.05, 4.69) is 84.9 Å². The number of benzene rings is 4. The van der Waals surface area contributed by atoms with E-state index >= 15 is 0 Å². The second kappa shape index (κ2) is 28.7. The van der Waals surface area contributed by atoms with Crippen molar-refractivity contribution in [3.63, 3.8) is 0 Å². The zero-order valence-corrected chi connectivity index (χ0v) is 50.6. The van der Waals surface area contributed by atoms with Gasteiger partial charge in [-0.05, 0) is 71.5 Å². The molecule has 2 aliphatic carbocycles. The lowest BCUT2D eigenvalue weighted by Gasteiger charge is -2.52. The Morgan fingerprint density at radius 2 is 0.830 bits per heavy atom. The summed E-state index contributed by atoms with van der Waals surface area (Å²) in [6.45, 7) is 9.72. The number of ether oxygens (including phenoxy) is 4. The maximum Gasteiger partial charge on any atom is 0.430 e. The van der Waals surface area contributed by atoms with Gasteiger partial charge in [0.25, 0.3) is 0 Å². The summed E-state index contributed by atoms with van der Waals surface area (Å²) in [5.74, 6) is -4.23. The number of carbonyl (C=O) groups is 4. The van der Waals surface area contributed by atoms with Crippen LogP contribution < -0.4 is 19.7 Å². The topological polar surface area (TPSA) is 192 Å². The van der Waals surface area contributed by atoms with Gasteiger partial charge in [-0.2, -0.15) is 26.3 Å². The first kappa shape index (κ1) is 66.1. The first-order valence-corrected chi connectivity index (χ1v) is 32.2. The van der Waals surface area contributed by atoms with E-state index in [4.69, 9.17) is 38.7 Å². The lowest BCUT2D eigenvalue weighted by Crippen LogP contribution is -2.65. The number of quaternary nitrogens is 2. The Hall–Kier alpha value is -6.30. The van der Waals surface area contributed by atoms with E-state index in [1.165, 1.54) is 33.4 Å². The van der Waals surface area contributed by atoms with Crippen molar-refractivity contribution in [3.05, 3.63) is 130 Å². The molecule has 2 aromatic heterocycles. The van der Waals surface area contributed by atoms with Gasteiger partial charge in [0.15, 0.2) is 23.4 Å². The van der Waals surface area contributed by atoms with Crippen LogP contribution in [0.3, 0.4) is 0 Å². The number of thiophene rings is 2.